The molecule has 0 saturated carbocycles. The third kappa shape index (κ3) is 3.31. The van der Waals surface area contributed by atoms with Crippen LogP contribution in [0.5, 0.6) is 0 Å². The SMILES string of the molecule is Cc1nc(C(=O)N[C@@H]2C=C[C@H](CO)C2)nn1-c1c(Cl)cccc1Cl. The Morgan fingerprint density at radius 2 is 2.08 bits per heavy atom. The molecule has 1 aromatic carbocycles. The summed E-state index contributed by atoms with van der Waals surface area (Å²) in [4.78, 5) is 16.6. The highest BCUT2D eigenvalue weighted by molar-refractivity contribution is 6.37. The Kier molecular flexibility index (Phi) is 4.89. The fraction of sp³-hybridized carbons (Fsp3) is 0.312. The Labute approximate surface area is 149 Å². The van der Waals surface area contributed by atoms with Gasteiger partial charge in [0.15, 0.2) is 0 Å². The van der Waals surface area contributed by atoms with E-state index >= 15 is 0 Å². The number of halogens is 2. The summed E-state index contributed by atoms with van der Waals surface area (Å²) in [5, 5.41) is 17.1. The van der Waals surface area contributed by atoms with E-state index in [-0.39, 0.29) is 30.3 Å². The second kappa shape index (κ2) is 6.93. The van der Waals surface area contributed by atoms with Crippen LogP contribution in [0.2, 0.25) is 10.0 Å². The summed E-state index contributed by atoms with van der Waals surface area (Å²) < 4.78 is 1.46. The summed E-state index contributed by atoms with van der Waals surface area (Å²) in [7, 11) is 0. The molecule has 1 aliphatic rings. The van der Waals surface area contributed by atoms with Crippen molar-refractivity contribution in [1.29, 1.82) is 0 Å². The molecule has 1 aliphatic carbocycles. The number of carbonyl (C=O) groups is 1. The van der Waals surface area contributed by atoms with Crippen LogP contribution in [0, 0.1) is 12.8 Å². The summed E-state index contributed by atoms with van der Waals surface area (Å²) >= 11 is 12.4. The number of hydrogen-bond donors (Lipinski definition) is 2. The van der Waals surface area contributed by atoms with E-state index in [1.165, 1.54) is 4.68 Å². The van der Waals surface area contributed by atoms with Crippen LogP contribution in [-0.2, 0) is 0 Å². The van der Waals surface area contributed by atoms with Gasteiger partial charge < -0.3 is 10.4 Å². The Morgan fingerprint density at radius 3 is 2.71 bits per heavy atom. The molecule has 1 heterocycles. The maximum absolute atomic E-state index is 12.4. The molecule has 0 fully saturated rings. The summed E-state index contributed by atoms with van der Waals surface area (Å²) in [6, 6.07) is 4.99. The van der Waals surface area contributed by atoms with Crippen molar-refractivity contribution >= 4 is 29.1 Å². The van der Waals surface area contributed by atoms with E-state index in [0.29, 0.717) is 28.0 Å². The van der Waals surface area contributed by atoms with Crippen molar-refractivity contribution in [3.8, 4) is 5.69 Å². The molecule has 0 unspecified atom stereocenters. The minimum Gasteiger partial charge on any atom is -0.396 e. The standard InChI is InChI=1S/C16H16Cl2N4O2/c1-9-19-15(16(24)20-11-6-5-10(7-11)8-23)21-22(9)14-12(17)3-2-4-13(14)18/h2-6,10-11,23H,7-8H2,1H3,(H,20,24)/t10-,11+/m0/s1. The van der Waals surface area contributed by atoms with Gasteiger partial charge in [-0.1, -0.05) is 41.4 Å². The lowest BCUT2D eigenvalue weighted by molar-refractivity contribution is 0.0930. The van der Waals surface area contributed by atoms with Crippen LogP contribution in [-0.4, -0.2) is 38.4 Å². The third-order valence-corrected chi connectivity index (χ3v) is 4.45. The fourth-order valence-corrected chi connectivity index (χ4v) is 3.20. The van der Waals surface area contributed by atoms with Gasteiger partial charge in [0.2, 0.25) is 5.82 Å². The first-order valence-electron chi connectivity index (χ1n) is 7.47. The number of aliphatic hydroxyl groups excluding tert-OH is 1. The predicted octanol–water partition coefficient (Wildman–Crippen LogP) is 2.55. The lowest BCUT2D eigenvalue weighted by atomic mass is 10.1. The molecule has 0 saturated heterocycles. The first kappa shape index (κ1) is 17.0. The van der Waals surface area contributed by atoms with E-state index in [1.807, 2.05) is 12.2 Å². The van der Waals surface area contributed by atoms with Gasteiger partial charge in [-0.2, -0.15) is 0 Å². The van der Waals surface area contributed by atoms with Crippen molar-refractivity contribution in [3.63, 3.8) is 0 Å². The molecule has 3 rings (SSSR count). The monoisotopic (exact) mass is 366 g/mol. The first-order chi connectivity index (χ1) is 11.5. The van der Waals surface area contributed by atoms with Crippen LogP contribution in [0.25, 0.3) is 5.69 Å². The summed E-state index contributed by atoms with van der Waals surface area (Å²) in [5.41, 5.74) is 0.492. The molecule has 126 valence electrons. The number of benzene rings is 1. The number of aryl methyl sites for hydroxylation is 1. The average Bonchev–Trinajstić information content (AvgIpc) is 3.14. The van der Waals surface area contributed by atoms with Gasteiger partial charge in [-0.15, -0.1) is 5.10 Å². The maximum atomic E-state index is 12.4. The quantitative estimate of drug-likeness (QED) is 0.814. The Balaban J connectivity index is 1.82. The fourth-order valence-electron chi connectivity index (χ4n) is 2.64. The van der Waals surface area contributed by atoms with Crippen molar-refractivity contribution in [1.82, 2.24) is 20.1 Å². The zero-order valence-electron chi connectivity index (χ0n) is 12.9. The van der Waals surface area contributed by atoms with Gasteiger partial charge in [0.1, 0.15) is 11.5 Å². The van der Waals surface area contributed by atoms with E-state index in [0.717, 1.165) is 0 Å². The number of para-hydroxylation sites is 1. The molecule has 24 heavy (non-hydrogen) atoms. The molecule has 2 N–H and O–H groups in total. The van der Waals surface area contributed by atoms with Crippen LogP contribution in [0.3, 0.4) is 0 Å². The van der Waals surface area contributed by atoms with Gasteiger partial charge in [-0.25, -0.2) is 9.67 Å². The highest BCUT2D eigenvalue weighted by Gasteiger charge is 2.23. The third-order valence-electron chi connectivity index (χ3n) is 3.84. The largest absolute Gasteiger partial charge is 0.396 e. The normalized spacial score (nSPS) is 19.7. The number of hydrogen-bond acceptors (Lipinski definition) is 4. The molecule has 0 bridgehead atoms. The number of carbonyl (C=O) groups excluding carboxylic acids is 1. The van der Waals surface area contributed by atoms with Gasteiger partial charge in [-0.05, 0) is 25.5 Å². The van der Waals surface area contributed by atoms with Crippen LogP contribution < -0.4 is 5.32 Å². The predicted molar refractivity (Wildman–Crippen MR) is 91.7 cm³/mol. The number of nitrogens with one attached hydrogen (secondary N) is 1. The smallest absolute Gasteiger partial charge is 0.291 e. The molecule has 1 aromatic heterocycles. The summed E-state index contributed by atoms with van der Waals surface area (Å²) in [5.74, 6) is 0.243. The van der Waals surface area contributed by atoms with Gasteiger partial charge in [0, 0.05) is 18.6 Å². The van der Waals surface area contributed by atoms with E-state index in [4.69, 9.17) is 28.3 Å². The number of aliphatic hydroxyl groups is 1. The topological polar surface area (TPSA) is 80.0 Å². The minimum absolute atomic E-state index is 0.0457. The number of aromatic nitrogens is 3. The number of rotatable bonds is 4. The van der Waals surface area contributed by atoms with E-state index in [1.54, 1.807) is 25.1 Å². The average molecular weight is 367 g/mol. The van der Waals surface area contributed by atoms with E-state index < -0.39 is 0 Å². The van der Waals surface area contributed by atoms with Gasteiger partial charge in [0.05, 0.1) is 10.0 Å². The highest BCUT2D eigenvalue weighted by atomic mass is 35.5. The number of amides is 1. The van der Waals surface area contributed by atoms with Crippen molar-refractivity contribution in [3.05, 3.63) is 52.0 Å². The lowest BCUT2D eigenvalue weighted by Gasteiger charge is -2.11. The molecule has 0 spiro atoms. The van der Waals surface area contributed by atoms with Crippen molar-refractivity contribution < 1.29 is 9.90 Å². The Morgan fingerprint density at radius 1 is 1.38 bits per heavy atom. The molecule has 0 radical (unpaired) electrons. The molecule has 0 aliphatic heterocycles. The summed E-state index contributed by atoms with van der Waals surface area (Å²) in [6.45, 7) is 1.79. The van der Waals surface area contributed by atoms with Crippen molar-refractivity contribution in [2.24, 2.45) is 5.92 Å². The van der Waals surface area contributed by atoms with Gasteiger partial charge >= 0.3 is 0 Å². The van der Waals surface area contributed by atoms with Crippen molar-refractivity contribution in [2.45, 2.75) is 19.4 Å². The van der Waals surface area contributed by atoms with E-state index in [9.17, 15) is 4.79 Å². The molecule has 6 nitrogen and oxygen atoms in total. The molecular weight excluding hydrogens is 351 g/mol. The highest BCUT2D eigenvalue weighted by Crippen LogP contribution is 2.28. The number of nitrogens with zero attached hydrogens (tertiary/aromatic N) is 3. The molecule has 2 aromatic rings. The maximum Gasteiger partial charge on any atom is 0.291 e. The van der Waals surface area contributed by atoms with Gasteiger partial charge in [-0.3, -0.25) is 4.79 Å². The van der Waals surface area contributed by atoms with Crippen LogP contribution in [0.4, 0.5) is 0 Å². The van der Waals surface area contributed by atoms with Crippen LogP contribution in [0.15, 0.2) is 30.4 Å². The Bertz CT molecular complexity index is 783. The lowest BCUT2D eigenvalue weighted by Crippen LogP contribution is -2.33. The first-order valence-corrected chi connectivity index (χ1v) is 8.23. The zero-order chi connectivity index (χ0) is 17.3. The zero-order valence-corrected chi connectivity index (χ0v) is 14.4. The van der Waals surface area contributed by atoms with E-state index in [2.05, 4.69) is 15.4 Å². The second-order valence-corrected chi connectivity index (χ2v) is 6.42. The minimum atomic E-state index is -0.381. The molecule has 8 heteroatoms. The van der Waals surface area contributed by atoms with Crippen molar-refractivity contribution in [2.75, 3.05) is 6.61 Å². The van der Waals surface area contributed by atoms with Crippen LogP contribution >= 0.6 is 23.2 Å². The molecule has 2 atom stereocenters. The Hall–Kier alpha value is -1.89. The second-order valence-electron chi connectivity index (χ2n) is 5.61. The van der Waals surface area contributed by atoms with Gasteiger partial charge in [0.25, 0.3) is 5.91 Å². The van der Waals surface area contributed by atoms with Crippen LogP contribution in [0.1, 0.15) is 22.9 Å². The molecular formula is C16H16Cl2N4O2. The molecule has 1 amide bonds. The summed E-state index contributed by atoms with van der Waals surface area (Å²) in [6.07, 6.45) is 4.43.